The molecule has 6 nitrogen and oxygen atoms in total. The summed E-state index contributed by atoms with van der Waals surface area (Å²) in [6.07, 6.45) is 0.905. The lowest BCUT2D eigenvalue weighted by Crippen LogP contribution is -2.32. The highest BCUT2D eigenvalue weighted by Crippen LogP contribution is 2.33. The van der Waals surface area contributed by atoms with Crippen molar-refractivity contribution in [1.29, 1.82) is 0 Å². The topological polar surface area (TPSA) is 67.9 Å². The van der Waals surface area contributed by atoms with Crippen molar-refractivity contribution in [1.82, 2.24) is 4.90 Å². The molecule has 4 rings (SSSR count). The molecule has 6 heteroatoms. The molecular formula is C28H28N2O4. The van der Waals surface area contributed by atoms with Crippen molar-refractivity contribution in [3.63, 3.8) is 0 Å². The molecule has 0 spiro atoms. The average Bonchev–Trinajstić information content (AvgIpc) is 3.08. The molecular weight excluding hydrogens is 428 g/mol. The van der Waals surface area contributed by atoms with Gasteiger partial charge in [0.15, 0.2) is 0 Å². The summed E-state index contributed by atoms with van der Waals surface area (Å²) in [6.45, 7) is 4.86. The average molecular weight is 457 g/mol. The number of carbonyl (C=O) groups is 2. The molecule has 0 bridgehead atoms. The summed E-state index contributed by atoms with van der Waals surface area (Å²) in [5.74, 6) is 0.674. The molecule has 0 saturated heterocycles. The van der Waals surface area contributed by atoms with E-state index < -0.39 is 0 Å². The van der Waals surface area contributed by atoms with Crippen LogP contribution in [0.25, 0.3) is 5.57 Å². The first kappa shape index (κ1) is 23.1. The van der Waals surface area contributed by atoms with Gasteiger partial charge in [-0.1, -0.05) is 55.0 Å². The Morgan fingerprint density at radius 3 is 2.29 bits per heavy atom. The zero-order valence-corrected chi connectivity index (χ0v) is 19.6. The van der Waals surface area contributed by atoms with Crippen molar-refractivity contribution >= 4 is 23.1 Å². The van der Waals surface area contributed by atoms with Crippen molar-refractivity contribution in [3.8, 4) is 11.5 Å². The highest BCUT2D eigenvalue weighted by Gasteiger charge is 2.39. The standard InChI is InChI=1S/C28H28N2O4/c1-4-16-34-23-14-12-21(13-15-23)25-26(29-22-6-5-7-24(17-22)33-3)28(32)30(27(25)31)18-20-10-8-19(2)9-11-20/h5-15,17,29H,4,16,18H2,1-3H3. The van der Waals surface area contributed by atoms with Gasteiger partial charge in [-0.15, -0.1) is 0 Å². The van der Waals surface area contributed by atoms with E-state index in [1.54, 1.807) is 13.2 Å². The fourth-order valence-corrected chi connectivity index (χ4v) is 3.76. The van der Waals surface area contributed by atoms with Crippen LogP contribution >= 0.6 is 0 Å². The number of hydrogen-bond donors (Lipinski definition) is 1. The van der Waals surface area contributed by atoms with Crippen molar-refractivity contribution in [2.75, 3.05) is 19.0 Å². The lowest BCUT2D eigenvalue weighted by Gasteiger charge is -2.16. The number of amides is 2. The minimum atomic E-state index is -0.366. The van der Waals surface area contributed by atoms with Crippen LogP contribution in [-0.2, 0) is 16.1 Å². The van der Waals surface area contributed by atoms with Gasteiger partial charge in [-0.3, -0.25) is 14.5 Å². The molecule has 0 unspecified atom stereocenters. The van der Waals surface area contributed by atoms with Gasteiger partial charge < -0.3 is 14.8 Å². The lowest BCUT2D eigenvalue weighted by molar-refractivity contribution is -0.137. The van der Waals surface area contributed by atoms with E-state index in [1.807, 2.05) is 80.6 Å². The van der Waals surface area contributed by atoms with Gasteiger partial charge in [-0.25, -0.2) is 0 Å². The molecule has 3 aromatic rings. The summed E-state index contributed by atoms with van der Waals surface area (Å²) in [4.78, 5) is 28.3. The Morgan fingerprint density at radius 2 is 1.62 bits per heavy atom. The van der Waals surface area contributed by atoms with Crippen LogP contribution in [0.1, 0.15) is 30.0 Å². The fraction of sp³-hybridized carbons (Fsp3) is 0.214. The van der Waals surface area contributed by atoms with Crippen LogP contribution in [0.2, 0.25) is 0 Å². The molecule has 1 aliphatic rings. The van der Waals surface area contributed by atoms with Gasteiger partial charge in [-0.2, -0.15) is 0 Å². The fourth-order valence-electron chi connectivity index (χ4n) is 3.76. The Kier molecular flexibility index (Phi) is 6.97. The van der Waals surface area contributed by atoms with Gasteiger partial charge in [0.05, 0.1) is 25.8 Å². The summed E-state index contributed by atoms with van der Waals surface area (Å²) in [6, 6.07) is 22.3. The van der Waals surface area contributed by atoms with Gasteiger partial charge in [-0.05, 0) is 48.7 Å². The number of nitrogens with zero attached hydrogens (tertiary/aromatic N) is 1. The predicted octanol–water partition coefficient (Wildman–Crippen LogP) is 5.18. The minimum absolute atomic E-state index is 0.197. The molecule has 3 aromatic carbocycles. The summed E-state index contributed by atoms with van der Waals surface area (Å²) in [5.41, 5.74) is 3.90. The molecule has 34 heavy (non-hydrogen) atoms. The molecule has 1 aliphatic heterocycles. The number of rotatable bonds is 9. The maximum absolute atomic E-state index is 13.5. The molecule has 0 atom stereocenters. The largest absolute Gasteiger partial charge is 0.497 e. The zero-order valence-electron chi connectivity index (χ0n) is 19.6. The number of methoxy groups -OCH3 is 1. The second-order valence-electron chi connectivity index (χ2n) is 8.16. The van der Waals surface area contributed by atoms with Crippen LogP contribution < -0.4 is 14.8 Å². The number of carbonyl (C=O) groups excluding carboxylic acids is 2. The molecule has 2 amide bonds. The first-order valence-electron chi connectivity index (χ1n) is 11.3. The summed E-state index contributed by atoms with van der Waals surface area (Å²) in [7, 11) is 1.58. The number of anilines is 1. The molecule has 0 fully saturated rings. The third kappa shape index (κ3) is 4.96. The second-order valence-corrected chi connectivity index (χ2v) is 8.16. The Morgan fingerprint density at radius 1 is 0.882 bits per heavy atom. The smallest absolute Gasteiger partial charge is 0.278 e. The van der Waals surface area contributed by atoms with E-state index in [-0.39, 0.29) is 24.1 Å². The van der Waals surface area contributed by atoms with Gasteiger partial charge in [0.25, 0.3) is 11.8 Å². The zero-order chi connectivity index (χ0) is 24.1. The van der Waals surface area contributed by atoms with E-state index >= 15 is 0 Å². The Bertz CT molecular complexity index is 1210. The second kappa shape index (κ2) is 10.3. The highest BCUT2D eigenvalue weighted by atomic mass is 16.5. The van der Waals surface area contributed by atoms with Gasteiger partial charge >= 0.3 is 0 Å². The molecule has 0 saturated carbocycles. The molecule has 0 radical (unpaired) electrons. The first-order chi connectivity index (χ1) is 16.5. The summed E-state index contributed by atoms with van der Waals surface area (Å²) >= 11 is 0. The summed E-state index contributed by atoms with van der Waals surface area (Å²) < 4.78 is 11.0. The third-order valence-corrected chi connectivity index (χ3v) is 5.58. The lowest BCUT2D eigenvalue weighted by atomic mass is 10.0. The van der Waals surface area contributed by atoms with Crippen LogP contribution in [0, 0.1) is 6.92 Å². The van der Waals surface area contributed by atoms with E-state index in [0.717, 1.165) is 23.3 Å². The van der Waals surface area contributed by atoms with Crippen LogP contribution in [0.5, 0.6) is 11.5 Å². The molecule has 0 aliphatic carbocycles. The Balaban J connectivity index is 1.69. The number of benzene rings is 3. The van der Waals surface area contributed by atoms with Crippen LogP contribution in [0.3, 0.4) is 0 Å². The number of ether oxygens (including phenoxy) is 2. The predicted molar refractivity (Wildman–Crippen MR) is 133 cm³/mol. The van der Waals surface area contributed by atoms with Crippen LogP contribution in [0.4, 0.5) is 5.69 Å². The van der Waals surface area contributed by atoms with Gasteiger partial charge in [0, 0.05) is 11.8 Å². The number of imide groups is 1. The maximum Gasteiger partial charge on any atom is 0.278 e. The van der Waals surface area contributed by atoms with Gasteiger partial charge in [0.2, 0.25) is 0 Å². The van der Waals surface area contributed by atoms with Crippen molar-refractivity contribution < 1.29 is 19.1 Å². The SMILES string of the molecule is CCCOc1ccc(C2=C(Nc3cccc(OC)c3)C(=O)N(Cc3ccc(C)cc3)C2=O)cc1. The Hall–Kier alpha value is -4.06. The Labute approximate surface area is 199 Å². The van der Waals surface area contributed by atoms with Crippen LogP contribution in [-0.4, -0.2) is 30.4 Å². The van der Waals surface area contributed by atoms with E-state index in [9.17, 15) is 9.59 Å². The van der Waals surface area contributed by atoms with Crippen molar-refractivity contribution in [2.24, 2.45) is 0 Å². The first-order valence-corrected chi connectivity index (χ1v) is 11.3. The third-order valence-electron chi connectivity index (χ3n) is 5.58. The van der Waals surface area contributed by atoms with E-state index in [4.69, 9.17) is 9.47 Å². The molecule has 1 N–H and O–H groups in total. The molecule has 0 aromatic heterocycles. The quantitative estimate of drug-likeness (QED) is 0.449. The van der Waals surface area contributed by atoms with E-state index in [0.29, 0.717) is 29.2 Å². The summed E-state index contributed by atoms with van der Waals surface area (Å²) in [5, 5.41) is 3.17. The minimum Gasteiger partial charge on any atom is -0.497 e. The normalized spacial score (nSPS) is 13.4. The van der Waals surface area contributed by atoms with Crippen molar-refractivity contribution in [2.45, 2.75) is 26.8 Å². The monoisotopic (exact) mass is 456 g/mol. The molecule has 174 valence electrons. The van der Waals surface area contributed by atoms with Gasteiger partial charge in [0.1, 0.15) is 17.2 Å². The number of nitrogens with one attached hydrogen (secondary N) is 1. The van der Waals surface area contributed by atoms with Crippen molar-refractivity contribution in [3.05, 3.63) is 95.2 Å². The highest BCUT2D eigenvalue weighted by molar-refractivity contribution is 6.36. The molecule has 1 heterocycles. The van der Waals surface area contributed by atoms with Crippen LogP contribution in [0.15, 0.2) is 78.5 Å². The van der Waals surface area contributed by atoms with E-state index in [2.05, 4.69) is 5.32 Å². The van der Waals surface area contributed by atoms with E-state index in [1.165, 1.54) is 4.90 Å². The number of hydrogen-bond acceptors (Lipinski definition) is 5. The number of aryl methyl sites for hydroxylation is 1. The maximum atomic E-state index is 13.5.